The molecule has 1 heterocycles. The van der Waals surface area contributed by atoms with Crippen molar-refractivity contribution in [2.75, 3.05) is 13.2 Å². The number of carbonyl (C=O) groups excluding carboxylic acids is 1. The van der Waals surface area contributed by atoms with Gasteiger partial charge in [0, 0.05) is 34.5 Å². The summed E-state index contributed by atoms with van der Waals surface area (Å²) in [5.74, 6) is -1.44. The van der Waals surface area contributed by atoms with Crippen LogP contribution in [0.4, 0.5) is 8.78 Å². The summed E-state index contributed by atoms with van der Waals surface area (Å²) in [4.78, 5) is 13.1. The Morgan fingerprint density at radius 1 is 1.03 bits per heavy atom. The van der Waals surface area contributed by atoms with Crippen molar-refractivity contribution in [3.05, 3.63) is 101 Å². The van der Waals surface area contributed by atoms with Gasteiger partial charge >= 0.3 is 5.97 Å². The Balaban J connectivity index is 1.60. The van der Waals surface area contributed by atoms with Crippen LogP contribution in [-0.2, 0) is 17.7 Å². The summed E-state index contributed by atoms with van der Waals surface area (Å²) in [7, 11) is 0. The van der Waals surface area contributed by atoms with Gasteiger partial charge < -0.3 is 9.15 Å². The van der Waals surface area contributed by atoms with E-state index in [9.17, 15) is 13.6 Å². The maximum Gasteiger partial charge on any atom is 0.374 e. The van der Waals surface area contributed by atoms with Gasteiger partial charge in [0.25, 0.3) is 0 Å². The second-order valence-electron chi connectivity index (χ2n) is 7.83. The normalized spacial score (nSPS) is 11.3. The molecule has 0 atom stereocenters. The van der Waals surface area contributed by atoms with E-state index in [-0.39, 0.29) is 24.5 Å². The van der Waals surface area contributed by atoms with Crippen LogP contribution in [0.15, 0.2) is 76.0 Å². The SMILES string of the molecule is CCOC(=O)c1oc2ccc(SN(CCc3ccccc3)Cc3c(F)cccc3F)cc2c1C. The molecule has 0 unspecified atom stereocenters. The van der Waals surface area contributed by atoms with Crippen molar-refractivity contribution >= 4 is 28.9 Å². The maximum absolute atomic E-state index is 14.4. The number of esters is 1. The molecule has 7 heteroatoms. The summed E-state index contributed by atoms with van der Waals surface area (Å²) in [5.41, 5.74) is 2.46. The molecule has 0 N–H and O–H groups in total. The van der Waals surface area contributed by atoms with Crippen LogP contribution in [0.1, 0.15) is 34.2 Å². The predicted octanol–water partition coefficient (Wildman–Crippen LogP) is 6.95. The zero-order chi connectivity index (χ0) is 24.1. The van der Waals surface area contributed by atoms with Crippen molar-refractivity contribution in [2.45, 2.75) is 31.7 Å². The van der Waals surface area contributed by atoms with Gasteiger partial charge in [0.05, 0.1) is 6.61 Å². The van der Waals surface area contributed by atoms with E-state index >= 15 is 0 Å². The van der Waals surface area contributed by atoms with Gasteiger partial charge in [0.15, 0.2) is 0 Å². The molecule has 1 aromatic heterocycles. The van der Waals surface area contributed by atoms with E-state index in [4.69, 9.17) is 9.15 Å². The Morgan fingerprint density at radius 2 is 1.76 bits per heavy atom. The molecule has 176 valence electrons. The molecule has 4 nitrogen and oxygen atoms in total. The first-order valence-corrected chi connectivity index (χ1v) is 11.8. The molecule has 0 aliphatic carbocycles. The zero-order valence-electron chi connectivity index (χ0n) is 19.0. The number of ether oxygens (including phenoxy) is 1. The van der Waals surface area contributed by atoms with Crippen molar-refractivity contribution < 1.29 is 22.7 Å². The standard InChI is InChI=1S/C27H25F2NO3S/c1-3-32-27(31)26-18(2)21-16-20(12-13-25(21)33-26)34-30(15-14-19-8-5-4-6-9-19)17-22-23(28)10-7-11-24(22)29/h4-13,16H,3,14-15,17H2,1-2H3. The minimum atomic E-state index is -0.564. The van der Waals surface area contributed by atoms with E-state index in [1.807, 2.05) is 53.7 Å². The molecule has 0 bridgehead atoms. The molecule has 3 aromatic carbocycles. The van der Waals surface area contributed by atoms with Gasteiger partial charge in [-0.05, 0) is 68.1 Å². The third-order valence-electron chi connectivity index (χ3n) is 5.49. The first kappa shape index (κ1) is 24.0. The zero-order valence-corrected chi connectivity index (χ0v) is 19.8. The summed E-state index contributed by atoms with van der Waals surface area (Å²) in [6, 6.07) is 19.5. The Hall–Kier alpha value is -3.16. The average Bonchev–Trinajstić information content (AvgIpc) is 3.16. The largest absolute Gasteiger partial charge is 0.460 e. The number of benzene rings is 3. The van der Waals surface area contributed by atoms with E-state index < -0.39 is 17.6 Å². The molecule has 0 saturated heterocycles. The van der Waals surface area contributed by atoms with Gasteiger partial charge in [0.1, 0.15) is 17.2 Å². The van der Waals surface area contributed by atoms with Crippen LogP contribution in [0.5, 0.6) is 0 Å². The van der Waals surface area contributed by atoms with Crippen LogP contribution in [0.25, 0.3) is 11.0 Å². The first-order chi connectivity index (χ1) is 16.5. The lowest BCUT2D eigenvalue weighted by atomic mass is 10.1. The van der Waals surface area contributed by atoms with E-state index in [0.29, 0.717) is 17.7 Å². The van der Waals surface area contributed by atoms with Crippen molar-refractivity contribution in [3.8, 4) is 0 Å². The van der Waals surface area contributed by atoms with Gasteiger partial charge in [-0.1, -0.05) is 36.4 Å². The number of fused-ring (bicyclic) bond motifs is 1. The lowest BCUT2D eigenvalue weighted by Crippen LogP contribution is -2.20. The van der Waals surface area contributed by atoms with Gasteiger partial charge in [-0.2, -0.15) is 0 Å². The summed E-state index contributed by atoms with van der Waals surface area (Å²) in [6.07, 6.45) is 0.726. The van der Waals surface area contributed by atoms with Gasteiger partial charge in [0.2, 0.25) is 5.76 Å². The van der Waals surface area contributed by atoms with Gasteiger partial charge in [-0.25, -0.2) is 17.9 Å². The first-order valence-electron chi connectivity index (χ1n) is 11.1. The Morgan fingerprint density at radius 3 is 2.47 bits per heavy atom. The molecular formula is C27H25F2NO3S. The minimum absolute atomic E-state index is 0.0354. The van der Waals surface area contributed by atoms with E-state index in [0.717, 1.165) is 22.3 Å². The van der Waals surface area contributed by atoms with Crippen molar-refractivity contribution in [3.63, 3.8) is 0 Å². The summed E-state index contributed by atoms with van der Waals surface area (Å²) in [6.45, 7) is 4.51. The maximum atomic E-state index is 14.4. The Labute approximate surface area is 201 Å². The number of hydrogen-bond donors (Lipinski definition) is 0. The van der Waals surface area contributed by atoms with Crippen LogP contribution in [-0.4, -0.2) is 23.4 Å². The fourth-order valence-corrected chi connectivity index (χ4v) is 4.69. The third kappa shape index (κ3) is 5.48. The number of halogens is 2. The molecule has 0 radical (unpaired) electrons. The third-order valence-corrected chi connectivity index (χ3v) is 6.53. The second kappa shape index (κ2) is 10.8. The van der Waals surface area contributed by atoms with Crippen molar-refractivity contribution in [2.24, 2.45) is 0 Å². The topological polar surface area (TPSA) is 42.7 Å². The lowest BCUT2D eigenvalue weighted by Gasteiger charge is -2.22. The fraction of sp³-hybridized carbons (Fsp3) is 0.222. The molecule has 4 rings (SSSR count). The summed E-state index contributed by atoms with van der Waals surface area (Å²) >= 11 is 1.41. The second-order valence-corrected chi connectivity index (χ2v) is 9.00. The highest BCUT2D eigenvalue weighted by atomic mass is 32.2. The number of furan rings is 1. The van der Waals surface area contributed by atoms with Gasteiger partial charge in [-0.15, -0.1) is 0 Å². The molecule has 0 saturated carbocycles. The molecule has 0 aliphatic heterocycles. The highest BCUT2D eigenvalue weighted by molar-refractivity contribution is 7.97. The Kier molecular flexibility index (Phi) is 7.65. The molecule has 34 heavy (non-hydrogen) atoms. The summed E-state index contributed by atoms with van der Waals surface area (Å²) < 4.78 is 41.5. The number of hydrogen-bond acceptors (Lipinski definition) is 5. The lowest BCUT2D eigenvalue weighted by molar-refractivity contribution is 0.0491. The highest BCUT2D eigenvalue weighted by Gasteiger charge is 2.20. The van der Waals surface area contributed by atoms with Crippen LogP contribution < -0.4 is 0 Å². The van der Waals surface area contributed by atoms with Gasteiger partial charge in [-0.3, -0.25) is 0 Å². The monoisotopic (exact) mass is 481 g/mol. The van der Waals surface area contributed by atoms with Crippen LogP contribution in [0.2, 0.25) is 0 Å². The minimum Gasteiger partial charge on any atom is -0.460 e. The van der Waals surface area contributed by atoms with Crippen molar-refractivity contribution in [1.29, 1.82) is 0 Å². The van der Waals surface area contributed by atoms with E-state index in [1.165, 1.54) is 30.1 Å². The fourth-order valence-electron chi connectivity index (χ4n) is 3.71. The molecule has 0 fully saturated rings. The highest BCUT2D eigenvalue weighted by Crippen LogP contribution is 2.33. The van der Waals surface area contributed by atoms with Crippen LogP contribution >= 0.6 is 11.9 Å². The number of carbonyl (C=O) groups is 1. The Bertz CT molecular complexity index is 1270. The van der Waals surface area contributed by atoms with Crippen LogP contribution in [0.3, 0.4) is 0 Å². The average molecular weight is 482 g/mol. The molecule has 0 aliphatic rings. The van der Waals surface area contributed by atoms with Crippen LogP contribution in [0, 0.1) is 18.6 Å². The van der Waals surface area contributed by atoms with Crippen molar-refractivity contribution in [1.82, 2.24) is 4.31 Å². The quantitative estimate of drug-likeness (QED) is 0.191. The number of aryl methyl sites for hydroxylation is 1. The number of nitrogens with zero attached hydrogens (tertiary/aromatic N) is 1. The molecule has 0 spiro atoms. The molecule has 0 amide bonds. The molecule has 4 aromatic rings. The van der Waals surface area contributed by atoms with E-state index in [2.05, 4.69) is 0 Å². The van der Waals surface area contributed by atoms with E-state index in [1.54, 1.807) is 13.0 Å². The molecular weight excluding hydrogens is 456 g/mol. The predicted molar refractivity (Wildman–Crippen MR) is 130 cm³/mol. The smallest absolute Gasteiger partial charge is 0.374 e. The summed E-state index contributed by atoms with van der Waals surface area (Å²) in [5, 5.41) is 0.799. The number of rotatable bonds is 9.